The molecule has 0 aliphatic heterocycles. The van der Waals surface area contributed by atoms with E-state index >= 15 is 0 Å². The van der Waals surface area contributed by atoms with Crippen molar-refractivity contribution in [2.75, 3.05) is 0 Å². The smallest absolute Gasteiger partial charge is 0.201 e. The van der Waals surface area contributed by atoms with Gasteiger partial charge in [0.05, 0.1) is 11.7 Å². The summed E-state index contributed by atoms with van der Waals surface area (Å²) in [4.78, 5) is 11.5. The third kappa shape index (κ3) is 1.75. The third-order valence-corrected chi connectivity index (χ3v) is 1.93. The van der Waals surface area contributed by atoms with E-state index in [1.54, 1.807) is 11.6 Å². The Labute approximate surface area is 76.9 Å². The lowest BCUT2D eigenvalue weighted by molar-refractivity contribution is 0.0962. The average Bonchev–Trinajstić information content (AvgIpc) is 2.45. The summed E-state index contributed by atoms with van der Waals surface area (Å²) in [5.41, 5.74) is 6.63. The van der Waals surface area contributed by atoms with Crippen LogP contribution >= 0.6 is 0 Å². The number of aromatic nitrogens is 3. The van der Waals surface area contributed by atoms with E-state index in [1.165, 1.54) is 0 Å². The highest BCUT2D eigenvalue weighted by molar-refractivity contribution is 5.98. The molecule has 0 saturated heterocycles. The minimum Gasteiger partial charge on any atom is -0.321 e. The van der Waals surface area contributed by atoms with Gasteiger partial charge in [-0.25, -0.2) is 4.68 Å². The molecule has 0 radical (unpaired) electrons. The van der Waals surface area contributed by atoms with Crippen molar-refractivity contribution in [2.45, 2.75) is 33.4 Å². The van der Waals surface area contributed by atoms with Crippen molar-refractivity contribution < 1.29 is 4.79 Å². The fourth-order valence-electron chi connectivity index (χ4n) is 1.10. The molecule has 1 heterocycles. The highest BCUT2D eigenvalue weighted by atomic mass is 16.1. The number of nitrogens with two attached hydrogens (primary N) is 1. The van der Waals surface area contributed by atoms with Gasteiger partial charge in [-0.2, -0.15) is 0 Å². The van der Waals surface area contributed by atoms with Crippen LogP contribution in [0.4, 0.5) is 0 Å². The first-order chi connectivity index (χ1) is 6.07. The molecule has 0 bridgehead atoms. The first-order valence-electron chi connectivity index (χ1n) is 4.27. The van der Waals surface area contributed by atoms with E-state index < -0.39 is 6.04 Å². The third-order valence-electron chi connectivity index (χ3n) is 1.93. The zero-order valence-corrected chi connectivity index (χ0v) is 8.11. The van der Waals surface area contributed by atoms with Crippen LogP contribution in [0.1, 0.15) is 30.0 Å². The van der Waals surface area contributed by atoms with Gasteiger partial charge in [-0.1, -0.05) is 5.21 Å². The van der Waals surface area contributed by atoms with Gasteiger partial charge in [0.1, 0.15) is 0 Å². The maximum Gasteiger partial charge on any atom is 0.201 e. The van der Waals surface area contributed by atoms with E-state index in [4.69, 9.17) is 5.73 Å². The van der Waals surface area contributed by atoms with Gasteiger partial charge in [0.2, 0.25) is 5.78 Å². The normalized spacial score (nSPS) is 12.9. The Morgan fingerprint density at radius 3 is 2.69 bits per heavy atom. The molecule has 1 aromatic rings. The van der Waals surface area contributed by atoms with E-state index in [0.717, 1.165) is 5.69 Å². The maximum atomic E-state index is 11.5. The summed E-state index contributed by atoms with van der Waals surface area (Å²) in [5, 5.41) is 7.62. The van der Waals surface area contributed by atoms with Crippen molar-refractivity contribution in [1.29, 1.82) is 0 Å². The Morgan fingerprint density at radius 2 is 2.31 bits per heavy atom. The SMILES string of the molecule is CCn1nnc(C(=O)C(C)N)c1C. The fraction of sp³-hybridized carbons (Fsp3) is 0.625. The molecule has 1 rings (SSSR count). The summed E-state index contributed by atoms with van der Waals surface area (Å²) < 4.78 is 1.68. The Hall–Kier alpha value is -1.23. The van der Waals surface area contributed by atoms with Crippen molar-refractivity contribution in [1.82, 2.24) is 15.0 Å². The summed E-state index contributed by atoms with van der Waals surface area (Å²) in [5.74, 6) is -0.155. The van der Waals surface area contributed by atoms with Crippen LogP contribution in [0.3, 0.4) is 0 Å². The van der Waals surface area contributed by atoms with Crippen LogP contribution in [-0.4, -0.2) is 26.8 Å². The Balaban J connectivity index is 3.02. The molecule has 0 aliphatic rings. The molecule has 1 aromatic heterocycles. The molecule has 0 fully saturated rings. The molecule has 0 aromatic carbocycles. The second kappa shape index (κ2) is 3.66. The van der Waals surface area contributed by atoms with Crippen molar-refractivity contribution in [3.05, 3.63) is 11.4 Å². The number of Topliss-reactive ketones (excluding diaryl/α,β-unsaturated/α-hetero) is 1. The van der Waals surface area contributed by atoms with Gasteiger partial charge in [-0.05, 0) is 20.8 Å². The van der Waals surface area contributed by atoms with Crippen LogP contribution in [0.5, 0.6) is 0 Å². The van der Waals surface area contributed by atoms with Crippen molar-refractivity contribution in [3.63, 3.8) is 0 Å². The van der Waals surface area contributed by atoms with Gasteiger partial charge >= 0.3 is 0 Å². The zero-order chi connectivity index (χ0) is 10.0. The first-order valence-corrected chi connectivity index (χ1v) is 4.27. The van der Waals surface area contributed by atoms with Gasteiger partial charge in [-0.15, -0.1) is 5.10 Å². The second-order valence-corrected chi connectivity index (χ2v) is 2.99. The summed E-state index contributed by atoms with van der Waals surface area (Å²) in [7, 11) is 0. The molecule has 1 unspecified atom stereocenters. The Kier molecular flexibility index (Phi) is 2.77. The molecule has 2 N–H and O–H groups in total. The molecule has 13 heavy (non-hydrogen) atoms. The van der Waals surface area contributed by atoms with Gasteiger partial charge in [0.25, 0.3) is 0 Å². The van der Waals surface area contributed by atoms with Crippen LogP contribution in [0.25, 0.3) is 0 Å². The number of aryl methyl sites for hydroxylation is 1. The standard InChI is InChI=1S/C8H14N4O/c1-4-12-6(3)7(10-11-12)8(13)5(2)9/h5H,4,9H2,1-3H3. The molecular formula is C8H14N4O. The predicted molar refractivity (Wildman–Crippen MR) is 48.4 cm³/mol. The molecule has 1 atom stereocenters. The number of rotatable bonds is 3. The van der Waals surface area contributed by atoms with E-state index in [2.05, 4.69) is 10.3 Å². The van der Waals surface area contributed by atoms with Crippen molar-refractivity contribution in [2.24, 2.45) is 5.73 Å². The summed E-state index contributed by atoms with van der Waals surface area (Å²) >= 11 is 0. The fourth-order valence-corrected chi connectivity index (χ4v) is 1.10. The number of hydrogen-bond donors (Lipinski definition) is 1. The molecule has 5 heteroatoms. The average molecular weight is 182 g/mol. The van der Waals surface area contributed by atoms with Crippen LogP contribution in [0.2, 0.25) is 0 Å². The lowest BCUT2D eigenvalue weighted by Crippen LogP contribution is -2.27. The maximum absolute atomic E-state index is 11.5. The second-order valence-electron chi connectivity index (χ2n) is 2.99. The van der Waals surface area contributed by atoms with E-state index in [9.17, 15) is 4.79 Å². The minimum atomic E-state index is -0.513. The predicted octanol–water partition coefficient (Wildman–Crippen LogP) is 0.136. The summed E-state index contributed by atoms with van der Waals surface area (Å²) in [6.45, 7) is 6.12. The molecule has 0 spiro atoms. The van der Waals surface area contributed by atoms with Gasteiger partial charge in [0, 0.05) is 6.54 Å². The number of hydrogen-bond acceptors (Lipinski definition) is 4. The Morgan fingerprint density at radius 1 is 1.69 bits per heavy atom. The minimum absolute atomic E-state index is 0.155. The quantitative estimate of drug-likeness (QED) is 0.674. The van der Waals surface area contributed by atoms with E-state index in [0.29, 0.717) is 12.2 Å². The summed E-state index contributed by atoms with van der Waals surface area (Å²) in [6.07, 6.45) is 0. The summed E-state index contributed by atoms with van der Waals surface area (Å²) in [6, 6.07) is -0.513. The van der Waals surface area contributed by atoms with Gasteiger partial charge < -0.3 is 5.73 Å². The monoisotopic (exact) mass is 182 g/mol. The molecule has 0 amide bonds. The number of ketones is 1. The molecule has 0 saturated carbocycles. The van der Waals surface area contributed by atoms with E-state index in [1.807, 2.05) is 13.8 Å². The lowest BCUT2D eigenvalue weighted by Gasteiger charge is -2.01. The van der Waals surface area contributed by atoms with Crippen LogP contribution in [-0.2, 0) is 6.54 Å². The van der Waals surface area contributed by atoms with Crippen molar-refractivity contribution >= 4 is 5.78 Å². The highest BCUT2D eigenvalue weighted by Crippen LogP contribution is 2.05. The van der Waals surface area contributed by atoms with Gasteiger partial charge in [0.15, 0.2) is 5.69 Å². The first kappa shape index (κ1) is 9.85. The zero-order valence-electron chi connectivity index (χ0n) is 8.11. The largest absolute Gasteiger partial charge is 0.321 e. The lowest BCUT2D eigenvalue weighted by atomic mass is 10.1. The highest BCUT2D eigenvalue weighted by Gasteiger charge is 2.18. The topological polar surface area (TPSA) is 73.8 Å². The van der Waals surface area contributed by atoms with Gasteiger partial charge in [-0.3, -0.25) is 4.79 Å². The molecule has 5 nitrogen and oxygen atoms in total. The van der Waals surface area contributed by atoms with E-state index in [-0.39, 0.29) is 5.78 Å². The van der Waals surface area contributed by atoms with Crippen LogP contribution < -0.4 is 5.73 Å². The van der Waals surface area contributed by atoms with Crippen LogP contribution in [0.15, 0.2) is 0 Å². The molecular weight excluding hydrogens is 168 g/mol. The van der Waals surface area contributed by atoms with Crippen molar-refractivity contribution in [3.8, 4) is 0 Å². The molecule has 72 valence electrons. The number of carbonyl (C=O) groups is 1. The van der Waals surface area contributed by atoms with Crippen LogP contribution in [0, 0.1) is 6.92 Å². The number of nitrogens with zero attached hydrogens (tertiary/aromatic N) is 3. The Bertz CT molecular complexity index is 316. The molecule has 0 aliphatic carbocycles. The number of carbonyl (C=O) groups excluding carboxylic acids is 1.